The Kier molecular flexibility index (Phi) is 16.9. The van der Waals surface area contributed by atoms with Gasteiger partial charge in [0.15, 0.2) is 5.82 Å². The summed E-state index contributed by atoms with van der Waals surface area (Å²) in [6, 6.07) is 40.9. The summed E-state index contributed by atoms with van der Waals surface area (Å²) in [5.41, 5.74) is 40.8. The van der Waals surface area contributed by atoms with E-state index in [-0.39, 0.29) is 11.7 Å². The van der Waals surface area contributed by atoms with Gasteiger partial charge < -0.3 is 44.5 Å². The summed E-state index contributed by atoms with van der Waals surface area (Å²) in [6.07, 6.45) is 10.2. The summed E-state index contributed by atoms with van der Waals surface area (Å²) in [5, 5.41) is 65.7. The highest BCUT2D eigenvalue weighted by atomic mass is 79.9. The number of anilines is 4. The largest absolute Gasteiger partial charge is 0.507 e. The molecule has 5 aromatic carbocycles. The lowest BCUT2D eigenvalue weighted by atomic mass is 9.87. The van der Waals surface area contributed by atoms with Crippen molar-refractivity contribution in [3.05, 3.63) is 186 Å². The number of nitrogens with zero attached hydrogens (tertiary/aromatic N) is 8. The van der Waals surface area contributed by atoms with Gasteiger partial charge in [-0.05, 0) is 114 Å². The lowest BCUT2D eigenvalue weighted by Gasteiger charge is -2.06. The Morgan fingerprint density at radius 3 is 1.55 bits per heavy atom. The number of hydrogen-bond acceptors (Lipinski definition) is 16. The van der Waals surface area contributed by atoms with Crippen LogP contribution in [-0.2, 0) is 0 Å². The van der Waals surface area contributed by atoms with Gasteiger partial charge in [0.1, 0.15) is 29.0 Å². The summed E-state index contributed by atoms with van der Waals surface area (Å²) >= 11 is 3.40. The predicted octanol–water partition coefficient (Wildman–Crippen LogP) is 7.34. The molecule has 0 aliphatic rings. The standard InChI is InChI=1S/C19H16N8.C12H10N4.C9H7BrN2.C7H9N3.C3H5BN2O2/c20-18(21)11-3-5-14(6-4-11)25-27-17-15-9-12(16-7-8-24-26-16)1-2-13(15)10-23-19(17)22;13-12-6-10-5-8(11-3-4-15-16-11)1-2-9(10)7-14-12;10-8-2-1-6-5-12-9(11)4-7(6)3-8;8-6-3-1-5(2-4-6)7(9)10;7-4(8)3-1-2-5-6-3/h1-10H,(H3,20,21)(H2,22,23)(H,24,26);1-7H,(H2,13,14)(H,15,16);1-5H,(H2,11,12);1-4H,8H2,(H3,9,10);1-2,7-8H,(H,5,6). The number of azo groups is 1. The molecule has 21 nitrogen and oxygen atoms in total. The molecule has 0 aliphatic carbocycles. The van der Waals surface area contributed by atoms with Crippen molar-refractivity contribution in [3.63, 3.8) is 0 Å². The van der Waals surface area contributed by atoms with Gasteiger partial charge in [-0.3, -0.25) is 26.1 Å². The molecule has 0 saturated heterocycles. The first-order valence-corrected chi connectivity index (χ1v) is 22.6. The zero-order valence-corrected chi connectivity index (χ0v) is 40.1. The maximum atomic E-state index is 8.40. The van der Waals surface area contributed by atoms with Crippen molar-refractivity contribution >= 4 is 107 Å². The zero-order valence-electron chi connectivity index (χ0n) is 38.6. The summed E-state index contributed by atoms with van der Waals surface area (Å²) in [7, 11) is -1.43. The Bertz CT molecular complexity index is 3580. The maximum absolute atomic E-state index is 8.40. The maximum Gasteiger partial charge on any atom is 0.507 e. The van der Waals surface area contributed by atoms with Crippen molar-refractivity contribution in [1.82, 2.24) is 45.5 Å². The van der Waals surface area contributed by atoms with E-state index >= 15 is 0 Å². The van der Waals surface area contributed by atoms with Gasteiger partial charge in [-0.15, -0.1) is 5.11 Å². The van der Waals surface area contributed by atoms with E-state index in [1.165, 1.54) is 12.3 Å². The van der Waals surface area contributed by atoms with Gasteiger partial charge in [0.05, 0.1) is 22.7 Å². The fourth-order valence-electron chi connectivity index (χ4n) is 6.66. The number of nitrogen functional groups attached to an aromatic ring is 6. The van der Waals surface area contributed by atoms with Gasteiger partial charge in [0.2, 0.25) is 0 Å². The monoisotopic (exact) mass is 1040 g/mol. The molecule has 6 heterocycles. The Hall–Kier alpha value is -9.84. The van der Waals surface area contributed by atoms with Crippen molar-refractivity contribution in [2.45, 2.75) is 0 Å². The molecule has 0 atom stereocenters. The zero-order chi connectivity index (χ0) is 51.9. The molecule has 11 aromatic rings. The number of halogens is 1. The highest BCUT2D eigenvalue weighted by Crippen LogP contribution is 2.34. The Morgan fingerprint density at radius 1 is 0.521 bits per heavy atom. The molecular formula is C50H47BBrN19O2. The molecule has 0 spiro atoms. The number of pyridine rings is 3. The average Bonchev–Trinajstić information content (AvgIpc) is 4.23. The third kappa shape index (κ3) is 14.1. The van der Waals surface area contributed by atoms with E-state index in [4.69, 9.17) is 55.3 Å². The van der Waals surface area contributed by atoms with Crippen LogP contribution in [-0.4, -0.2) is 74.4 Å². The molecule has 0 amide bonds. The lowest BCUT2D eigenvalue weighted by molar-refractivity contribution is 0.424. The number of fused-ring (bicyclic) bond motifs is 3. The molecule has 0 radical (unpaired) electrons. The number of hydrogen-bond donors (Lipinski definition) is 13. The van der Waals surface area contributed by atoms with Crippen LogP contribution >= 0.6 is 15.9 Å². The number of aromatic amines is 3. The van der Waals surface area contributed by atoms with Gasteiger partial charge in [0.25, 0.3) is 0 Å². The van der Waals surface area contributed by atoms with E-state index in [9.17, 15) is 0 Å². The fourth-order valence-corrected chi connectivity index (χ4v) is 7.04. The SMILES string of the molecule is N=C(N)c1ccc(N)cc1.N=C(N)c1ccc(N=Nc2c(N)ncc3ccc(-c4ccn[nH]4)cc23)cc1.Nc1cc2cc(-c3ccn[nH]3)ccc2cn1.Nc1cc2cc(Br)ccc2cn1.OB(O)c1ccn[nH]1. The lowest BCUT2D eigenvalue weighted by Crippen LogP contribution is -2.30. The number of amidine groups is 2. The van der Waals surface area contributed by atoms with E-state index in [0.29, 0.717) is 51.2 Å². The number of rotatable bonds is 7. The number of H-pyrrole nitrogens is 3. The first-order valence-electron chi connectivity index (χ1n) is 21.8. The summed E-state index contributed by atoms with van der Waals surface area (Å²) < 4.78 is 1.06. The molecule has 0 bridgehead atoms. The predicted molar refractivity (Wildman–Crippen MR) is 293 cm³/mol. The van der Waals surface area contributed by atoms with Crippen molar-refractivity contribution in [2.24, 2.45) is 21.7 Å². The first-order chi connectivity index (χ1) is 35.2. The van der Waals surface area contributed by atoms with Crippen LogP contribution in [0.2, 0.25) is 0 Å². The second kappa shape index (κ2) is 24.1. The second-order valence-electron chi connectivity index (χ2n) is 15.6. The molecule has 6 aromatic heterocycles. The minimum atomic E-state index is -1.43. The molecule has 364 valence electrons. The summed E-state index contributed by atoms with van der Waals surface area (Å²) in [6.45, 7) is 0. The molecular weight excluding hydrogens is 989 g/mol. The van der Waals surface area contributed by atoms with Crippen molar-refractivity contribution in [2.75, 3.05) is 22.9 Å². The van der Waals surface area contributed by atoms with Crippen molar-refractivity contribution in [3.8, 4) is 22.5 Å². The van der Waals surface area contributed by atoms with Gasteiger partial charge >= 0.3 is 7.12 Å². The molecule has 0 aliphatic heterocycles. The van der Waals surface area contributed by atoms with Crippen LogP contribution < -0.4 is 40.0 Å². The van der Waals surface area contributed by atoms with E-state index in [1.54, 1.807) is 79.5 Å². The number of nitrogens with two attached hydrogens (primary N) is 6. The van der Waals surface area contributed by atoms with Crippen LogP contribution in [0.25, 0.3) is 54.8 Å². The van der Waals surface area contributed by atoms with Crippen LogP contribution in [0.5, 0.6) is 0 Å². The normalized spacial score (nSPS) is 10.5. The topological polar surface area (TPSA) is 394 Å². The van der Waals surface area contributed by atoms with Crippen LogP contribution in [0.4, 0.5) is 34.5 Å². The van der Waals surface area contributed by atoms with E-state index in [2.05, 4.69) is 77.8 Å². The molecule has 23 heteroatoms. The van der Waals surface area contributed by atoms with Gasteiger partial charge in [-0.1, -0.05) is 46.3 Å². The van der Waals surface area contributed by atoms with E-state index in [0.717, 1.165) is 59.3 Å². The van der Waals surface area contributed by atoms with Gasteiger partial charge in [-0.2, -0.15) is 20.4 Å². The van der Waals surface area contributed by atoms with Crippen LogP contribution in [0, 0.1) is 10.8 Å². The smallest absolute Gasteiger partial charge is 0.422 e. The molecule has 19 N–H and O–H groups in total. The molecule has 0 fully saturated rings. The second-order valence-corrected chi connectivity index (χ2v) is 16.5. The van der Waals surface area contributed by atoms with Crippen LogP contribution in [0.3, 0.4) is 0 Å². The highest BCUT2D eigenvalue weighted by Gasteiger charge is 2.11. The van der Waals surface area contributed by atoms with Gasteiger partial charge in [0, 0.05) is 91.1 Å². The van der Waals surface area contributed by atoms with Crippen LogP contribution in [0.15, 0.2) is 185 Å². The molecule has 11 rings (SSSR count). The molecule has 0 unspecified atom stereocenters. The minimum absolute atomic E-state index is 0.00678. The number of aromatic nitrogens is 9. The average molecular weight is 1040 g/mol. The quantitative estimate of drug-likeness (QED) is 0.0244. The Morgan fingerprint density at radius 2 is 1.03 bits per heavy atom. The van der Waals surface area contributed by atoms with E-state index in [1.807, 2.05) is 72.8 Å². The summed E-state index contributed by atoms with van der Waals surface area (Å²) in [5.74, 6) is 1.47. The third-order valence-corrected chi connectivity index (χ3v) is 10.9. The van der Waals surface area contributed by atoms with Gasteiger partial charge in [-0.25, -0.2) is 15.0 Å². The number of nitrogens with one attached hydrogen (secondary N) is 5. The Labute approximate surface area is 425 Å². The van der Waals surface area contributed by atoms with E-state index < -0.39 is 7.12 Å². The van der Waals surface area contributed by atoms with Crippen molar-refractivity contribution < 1.29 is 10.0 Å². The third-order valence-electron chi connectivity index (χ3n) is 10.4. The molecule has 73 heavy (non-hydrogen) atoms. The highest BCUT2D eigenvalue weighted by molar-refractivity contribution is 9.10. The summed E-state index contributed by atoms with van der Waals surface area (Å²) in [4.78, 5) is 12.3. The minimum Gasteiger partial charge on any atom is -0.422 e. The van der Waals surface area contributed by atoms with Crippen molar-refractivity contribution in [1.29, 1.82) is 10.8 Å². The number of benzene rings is 5. The first kappa shape index (κ1) is 51.0. The fraction of sp³-hybridized carbons (Fsp3) is 0. The van der Waals surface area contributed by atoms with Crippen LogP contribution in [0.1, 0.15) is 11.1 Å². The Balaban J connectivity index is 0.000000144. The molecule has 0 saturated carbocycles.